The van der Waals surface area contributed by atoms with Crippen LogP contribution in [-0.4, -0.2) is 23.3 Å². The van der Waals surface area contributed by atoms with Gasteiger partial charge in [0.1, 0.15) is 33.8 Å². The van der Waals surface area contributed by atoms with Gasteiger partial charge in [-0.2, -0.15) is 10.5 Å². The summed E-state index contributed by atoms with van der Waals surface area (Å²) >= 11 is 1.07. The Labute approximate surface area is 143 Å². The van der Waals surface area contributed by atoms with E-state index in [1.54, 1.807) is 31.2 Å². The van der Waals surface area contributed by atoms with E-state index in [0.717, 1.165) is 11.8 Å². The minimum Gasteiger partial charge on any atom is -0.468 e. The average molecular weight is 338 g/mol. The highest BCUT2D eigenvalue weighted by atomic mass is 32.2. The van der Waals surface area contributed by atoms with Gasteiger partial charge in [0, 0.05) is 5.56 Å². The normalized spacial score (nSPS) is 11.2. The van der Waals surface area contributed by atoms with Gasteiger partial charge in [-0.3, -0.25) is 4.79 Å². The summed E-state index contributed by atoms with van der Waals surface area (Å²) in [6.45, 7) is 1.65. The second-order valence-electron chi connectivity index (χ2n) is 4.80. The van der Waals surface area contributed by atoms with E-state index in [-0.39, 0.29) is 16.9 Å². The molecular formula is C17H14N4O2S. The highest BCUT2D eigenvalue weighted by Crippen LogP contribution is 2.36. The Morgan fingerprint density at radius 3 is 2.42 bits per heavy atom. The Morgan fingerprint density at radius 1 is 1.25 bits per heavy atom. The van der Waals surface area contributed by atoms with Crippen LogP contribution >= 0.6 is 11.8 Å². The molecule has 1 aromatic heterocycles. The molecule has 0 radical (unpaired) electrons. The van der Waals surface area contributed by atoms with E-state index in [2.05, 4.69) is 11.1 Å². The summed E-state index contributed by atoms with van der Waals surface area (Å²) in [5, 5.41) is 18.8. The van der Waals surface area contributed by atoms with Crippen LogP contribution in [0.3, 0.4) is 0 Å². The number of nitrogens with two attached hydrogens (primary N) is 1. The first-order chi connectivity index (χ1) is 11.5. The van der Waals surface area contributed by atoms with Gasteiger partial charge in [-0.05, 0) is 12.5 Å². The molecule has 0 saturated carbocycles. The number of esters is 1. The van der Waals surface area contributed by atoms with E-state index in [0.29, 0.717) is 16.2 Å². The number of pyridine rings is 1. The molecule has 1 unspecified atom stereocenters. The van der Waals surface area contributed by atoms with Crippen LogP contribution in [0, 0.1) is 22.7 Å². The van der Waals surface area contributed by atoms with Gasteiger partial charge in [0.15, 0.2) is 0 Å². The van der Waals surface area contributed by atoms with Crippen LogP contribution in [0.5, 0.6) is 0 Å². The number of methoxy groups -OCH3 is 1. The molecular weight excluding hydrogens is 324 g/mol. The van der Waals surface area contributed by atoms with Crippen LogP contribution in [0.2, 0.25) is 0 Å². The predicted octanol–water partition coefficient (Wildman–Crippen LogP) is 2.73. The topological polar surface area (TPSA) is 113 Å². The Bertz CT molecular complexity index is 854. The Hall–Kier alpha value is -3.03. The fraction of sp³-hybridized carbons (Fsp3) is 0.176. The fourth-order valence-electron chi connectivity index (χ4n) is 2.16. The van der Waals surface area contributed by atoms with E-state index >= 15 is 0 Å². The molecule has 6 nitrogen and oxygen atoms in total. The number of benzene rings is 1. The maximum Gasteiger partial charge on any atom is 0.318 e. The van der Waals surface area contributed by atoms with Crippen LogP contribution in [0.4, 0.5) is 5.82 Å². The molecule has 2 rings (SSSR count). The largest absolute Gasteiger partial charge is 0.468 e. The van der Waals surface area contributed by atoms with E-state index in [1.165, 1.54) is 7.11 Å². The molecule has 2 N–H and O–H groups in total. The molecule has 1 atom stereocenters. The molecule has 24 heavy (non-hydrogen) atoms. The summed E-state index contributed by atoms with van der Waals surface area (Å²) in [5.74, 6) is -0.412. The number of nitrogen functional groups attached to an aromatic ring is 1. The van der Waals surface area contributed by atoms with Crippen LogP contribution in [0.25, 0.3) is 11.1 Å². The highest BCUT2D eigenvalue weighted by Gasteiger charge is 2.24. The summed E-state index contributed by atoms with van der Waals surface area (Å²) in [6, 6.07) is 13.1. The smallest absolute Gasteiger partial charge is 0.318 e. The molecule has 0 fully saturated rings. The molecule has 1 heterocycles. The number of carbonyl (C=O) groups is 1. The molecule has 0 aliphatic rings. The molecule has 120 valence electrons. The number of aromatic nitrogens is 1. The summed E-state index contributed by atoms with van der Waals surface area (Å²) in [5.41, 5.74) is 7.38. The van der Waals surface area contributed by atoms with E-state index in [1.807, 2.05) is 12.1 Å². The van der Waals surface area contributed by atoms with Crippen molar-refractivity contribution in [1.82, 2.24) is 4.98 Å². The number of hydrogen-bond acceptors (Lipinski definition) is 7. The minimum absolute atomic E-state index is 0.0231. The second-order valence-corrected chi connectivity index (χ2v) is 6.13. The first-order valence-corrected chi connectivity index (χ1v) is 7.85. The molecule has 7 heteroatoms. The van der Waals surface area contributed by atoms with Crippen molar-refractivity contribution in [2.24, 2.45) is 0 Å². The fourth-order valence-corrected chi connectivity index (χ4v) is 3.10. The minimum atomic E-state index is -0.564. The summed E-state index contributed by atoms with van der Waals surface area (Å²) in [6.07, 6.45) is 0. The van der Waals surface area contributed by atoms with Crippen molar-refractivity contribution in [3.05, 3.63) is 41.5 Å². The third-order valence-corrected chi connectivity index (χ3v) is 4.36. The van der Waals surface area contributed by atoms with E-state index < -0.39 is 11.2 Å². The molecule has 0 spiro atoms. The maximum absolute atomic E-state index is 11.6. The van der Waals surface area contributed by atoms with Gasteiger partial charge >= 0.3 is 5.97 Å². The lowest BCUT2D eigenvalue weighted by Gasteiger charge is -2.14. The van der Waals surface area contributed by atoms with Crippen molar-refractivity contribution in [2.75, 3.05) is 12.8 Å². The van der Waals surface area contributed by atoms with Crippen molar-refractivity contribution in [2.45, 2.75) is 17.2 Å². The van der Waals surface area contributed by atoms with Gasteiger partial charge in [-0.1, -0.05) is 42.1 Å². The highest BCUT2D eigenvalue weighted by molar-refractivity contribution is 8.00. The molecule has 0 aliphatic heterocycles. The van der Waals surface area contributed by atoms with Crippen molar-refractivity contribution in [3.63, 3.8) is 0 Å². The predicted molar refractivity (Wildman–Crippen MR) is 90.9 cm³/mol. The number of rotatable bonds is 4. The third-order valence-electron chi connectivity index (χ3n) is 3.30. The van der Waals surface area contributed by atoms with Crippen LogP contribution < -0.4 is 5.73 Å². The van der Waals surface area contributed by atoms with Crippen LogP contribution in [-0.2, 0) is 9.53 Å². The maximum atomic E-state index is 11.6. The number of nitrogens with zero attached hydrogens (tertiary/aromatic N) is 3. The number of ether oxygens (including phenoxy) is 1. The number of nitriles is 2. The molecule has 1 aromatic carbocycles. The van der Waals surface area contributed by atoms with Crippen LogP contribution in [0.15, 0.2) is 35.4 Å². The van der Waals surface area contributed by atoms with Crippen LogP contribution in [0.1, 0.15) is 18.1 Å². The Morgan fingerprint density at radius 2 is 1.88 bits per heavy atom. The van der Waals surface area contributed by atoms with Crippen molar-refractivity contribution < 1.29 is 9.53 Å². The molecule has 0 bridgehead atoms. The van der Waals surface area contributed by atoms with E-state index in [4.69, 9.17) is 10.5 Å². The standard InChI is InChI=1S/C17H14N4O2S/c1-10(17(22)23-2)24-16-13(9-19)14(11-6-4-3-5-7-11)12(8-18)15(20)21-16/h3-7,10H,1-2H3,(H2,20,21). The SMILES string of the molecule is COC(=O)C(C)Sc1nc(N)c(C#N)c(-c2ccccc2)c1C#N. The van der Waals surface area contributed by atoms with Gasteiger partial charge < -0.3 is 10.5 Å². The third kappa shape index (κ3) is 3.32. The summed E-state index contributed by atoms with van der Waals surface area (Å²) in [7, 11) is 1.29. The Kier molecular flexibility index (Phi) is 5.41. The van der Waals surface area contributed by atoms with E-state index in [9.17, 15) is 15.3 Å². The van der Waals surface area contributed by atoms with Gasteiger partial charge in [0.2, 0.25) is 0 Å². The molecule has 0 saturated heterocycles. The Balaban J connectivity index is 2.68. The molecule has 0 aliphatic carbocycles. The van der Waals surface area contributed by atoms with Gasteiger partial charge in [0.05, 0.1) is 12.7 Å². The first kappa shape index (κ1) is 17.3. The summed E-state index contributed by atoms with van der Waals surface area (Å²) in [4.78, 5) is 15.8. The van der Waals surface area contributed by atoms with Gasteiger partial charge in [-0.25, -0.2) is 4.98 Å². The monoisotopic (exact) mass is 338 g/mol. The number of anilines is 1. The zero-order valence-electron chi connectivity index (χ0n) is 13.1. The lowest BCUT2D eigenvalue weighted by atomic mass is 9.97. The van der Waals surface area contributed by atoms with Gasteiger partial charge in [0.25, 0.3) is 0 Å². The number of hydrogen-bond donors (Lipinski definition) is 1. The molecule has 2 aromatic rings. The number of carbonyl (C=O) groups excluding carboxylic acids is 1. The van der Waals surface area contributed by atoms with Crippen molar-refractivity contribution >= 4 is 23.5 Å². The average Bonchev–Trinajstić information content (AvgIpc) is 2.61. The van der Waals surface area contributed by atoms with Gasteiger partial charge in [-0.15, -0.1) is 0 Å². The number of thioether (sulfide) groups is 1. The van der Waals surface area contributed by atoms with Crippen molar-refractivity contribution in [3.8, 4) is 23.3 Å². The first-order valence-electron chi connectivity index (χ1n) is 6.97. The van der Waals surface area contributed by atoms with Crippen molar-refractivity contribution in [1.29, 1.82) is 10.5 Å². The lowest BCUT2D eigenvalue weighted by molar-refractivity contribution is -0.139. The zero-order chi connectivity index (χ0) is 17.7. The second kappa shape index (κ2) is 7.49. The summed E-state index contributed by atoms with van der Waals surface area (Å²) < 4.78 is 4.69. The molecule has 0 amide bonds. The lowest BCUT2D eigenvalue weighted by Crippen LogP contribution is -2.15. The quantitative estimate of drug-likeness (QED) is 0.673. The zero-order valence-corrected chi connectivity index (χ0v) is 13.9.